The van der Waals surface area contributed by atoms with Crippen LogP contribution in [0.2, 0.25) is 0 Å². The van der Waals surface area contributed by atoms with Crippen LogP contribution in [-0.4, -0.2) is 39.7 Å². The molecule has 0 bridgehead atoms. The molecule has 6 aromatic heterocycles. The minimum absolute atomic E-state index is 0.828. The molecule has 0 spiro atoms. The molecule has 0 unspecified atom stereocenters. The third-order valence-electron chi connectivity index (χ3n) is 5.50. The zero-order valence-electron chi connectivity index (χ0n) is 17.0. The second-order valence-corrected chi connectivity index (χ2v) is 7.58. The molecule has 6 rings (SSSR count). The Hall–Kier alpha value is -4.33. The number of hydrogen-bond acceptors (Lipinski definition) is 5. The van der Waals surface area contributed by atoms with Crippen molar-refractivity contribution in [1.29, 1.82) is 0 Å². The first-order valence-electron chi connectivity index (χ1n) is 9.91. The molecule has 6 aromatic rings. The largest absolute Gasteiger partial charge is 0.353 e. The summed E-state index contributed by atoms with van der Waals surface area (Å²) in [4.78, 5) is 21.2. The molecule has 8 nitrogen and oxygen atoms in total. The number of hydrogen-bond donors (Lipinski definition) is 2. The fourth-order valence-corrected chi connectivity index (χ4v) is 3.91. The summed E-state index contributed by atoms with van der Waals surface area (Å²) < 4.78 is 1.94. The quantitative estimate of drug-likeness (QED) is 0.455. The predicted octanol–water partition coefficient (Wildman–Crippen LogP) is 4.37. The highest BCUT2D eigenvalue weighted by Crippen LogP contribution is 2.32. The maximum atomic E-state index is 4.60. The minimum Gasteiger partial charge on any atom is -0.353 e. The Kier molecular flexibility index (Phi) is 3.73. The molecule has 0 radical (unpaired) electrons. The summed E-state index contributed by atoms with van der Waals surface area (Å²) in [5.41, 5.74) is 7.56. The Morgan fingerprint density at radius 3 is 2.68 bits per heavy atom. The number of aromatic nitrogens is 8. The summed E-state index contributed by atoms with van der Waals surface area (Å²) in [5, 5.41) is 9.66. The van der Waals surface area contributed by atoms with E-state index < -0.39 is 0 Å². The van der Waals surface area contributed by atoms with Crippen LogP contribution in [-0.2, 0) is 0 Å². The van der Waals surface area contributed by atoms with Crippen LogP contribution in [0.25, 0.3) is 50.3 Å². The van der Waals surface area contributed by atoms with E-state index in [2.05, 4.69) is 54.2 Å². The van der Waals surface area contributed by atoms with Crippen LogP contribution >= 0.6 is 0 Å². The second kappa shape index (κ2) is 6.60. The van der Waals surface area contributed by atoms with Gasteiger partial charge in [-0.25, -0.2) is 9.97 Å². The van der Waals surface area contributed by atoms with E-state index in [0.717, 1.165) is 61.5 Å². The molecule has 0 aliphatic rings. The lowest BCUT2D eigenvalue weighted by atomic mass is 10.1. The summed E-state index contributed by atoms with van der Waals surface area (Å²) in [6.07, 6.45) is 11.0. The van der Waals surface area contributed by atoms with Crippen LogP contribution < -0.4 is 0 Å². The molecule has 0 saturated heterocycles. The average molecular weight is 406 g/mol. The summed E-state index contributed by atoms with van der Waals surface area (Å²) in [6, 6.07) is 8.09. The fourth-order valence-electron chi connectivity index (χ4n) is 3.91. The number of aromatic amines is 2. The van der Waals surface area contributed by atoms with E-state index in [9.17, 15) is 0 Å². The molecule has 2 N–H and O–H groups in total. The molecule has 0 fully saturated rings. The smallest absolute Gasteiger partial charge is 0.147 e. The molecule has 31 heavy (non-hydrogen) atoms. The first-order valence-corrected chi connectivity index (χ1v) is 9.91. The summed E-state index contributed by atoms with van der Waals surface area (Å²) in [7, 11) is 0. The van der Waals surface area contributed by atoms with E-state index in [4.69, 9.17) is 0 Å². The van der Waals surface area contributed by atoms with Gasteiger partial charge in [0, 0.05) is 41.1 Å². The molecule has 0 saturated carbocycles. The zero-order valence-corrected chi connectivity index (χ0v) is 17.0. The van der Waals surface area contributed by atoms with Crippen molar-refractivity contribution in [2.75, 3.05) is 0 Å². The van der Waals surface area contributed by atoms with Crippen molar-refractivity contribution in [3.05, 3.63) is 72.8 Å². The lowest BCUT2D eigenvalue weighted by molar-refractivity contribution is 1.01. The van der Waals surface area contributed by atoms with Gasteiger partial charge in [0.1, 0.15) is 17.8 Å². The highest BCUT2D eigenvalue weighted by atomic mass is 15.1. The number of imidazole rings is 1. The average Bonchev–Trinajstić information content (AvgIpc) is 3.50. The summed E-state index contributed by atoms with van der Waals surface area (Å²) >= 11 is 0. The van der Waals surface area contributed by atoms with E-state index in [-0.39, 0.29) is 0 Å². The van der Waals surface area contributed by atoms with Gasteiger partial charge in [0.15, 0.2) is 0 Å². The van der Waals surface area contributed by atoms with Gasteiger partial charge < -0.3 is 4.98 Å². The Bertz CT molecular complexity index is 1570. The van der Waals surface area contributed by atoms with Crippen molar-refractivity contribution in [3.8, 4) is 28.5 Å². The van der Waals surface area contributed by atoms with Gasteiger partial charge in [-0.1, -0.05) is 0 Å². The van der Waals surface area contributed by atoms with Gasteiger partial charge in [-0.2, -0.15) is 5.10 Å². The Labute approximate surface area is 177 Å². The van der Waals surface area contributed by atoms with E-state index >= 15 is 0 Å². The Morgan fingerprint density at radius 2 is 1.84 bits per heavy atom. The standard InChI is InChI=1S/C23H18N8/c1-13-3-5-24-9-17(13)19-7-15-21(10-26-19)29-30-22(15)20-8-16-18(28-20)4-6-25-23(16)31-11-14(2)27-12-31/h3-12,28H,1-2H3,(H,29,30). The highest BCUT2D eigenvalue weighted by molar-refractivity contribution is 5.98. The summed E-state index contributed by atoms with van der Waals surface area (Å²) in [5.74, 6) is 0.828. The van der Waals surface area contributed by atoms with Crippen molar-refractivity contribution >= 4 is 21.8 Å². The van der Waals surface area contributed by atoms with Gasteiger partial charge in [0.2, 0.25) is 0 Å². The number of nitrogens with one attached hydrogen (secondary N) is 2. The van der Waals surface area contributed by atoms with Crippen LogP contribution in [0.3, 0.4) is 0 Å². The highest BCUT2D eigenvalue weighted by Gasteiger charge is 2.16. The number of fused-ring (bicyclic) bond motifs is 2. The van der Waals surface area contributed by atoms with E-state index in [0.29, 0.717) is 0 Å². The second-order valence-electron chi connectivity index (χ2n) is 7.58. The van der Waals surface area contributed by atoms with Crippen LogP contribution in [0.15, 0.2) is 61.6 Å². The normalized spacial score (nSPS) is 11.5. The number of nitrogens with zero attached hydrogens (tertiary/aromatic N) is 6. The molecular formula is C23H18N8. The molecule has 150 valence electrons. The Morgan fingerprint density at radius 1 is 0.903 bits per heavy atom. The molecule has 0 aliphatic heterocycles. The van der Waals surface area contributed by atoms with Crippen molar-refractivity contribution in [2.45, 2.75) is 13.8 Å². The lowest BCUT2D eigenvalue weighted by Crippen LogP contribution is -1.94. The fraction of sp³-hybridized carbons (Fsp3) is 0.0870. The Balaban J connectivity index is 1.52. The van der Waals surface area contributed by atoms with Crippen LogP contribution in [0.4, 0.5) is 0 Å². The van der Waals surface area contributed by atoms with E-state index in [1.165, 1.54) is 0 Å². The molecule has 0 aliphatic carbocycles. The summed E-state index contributed by atoms with van der Waals surface area (Å²) in [6.45, 7) is 4.02. The van der Waals surface area contributed by atoms with Gasteiger partial charge in [0.25, 0.3) is 0 Å². The lowest BCUT2D eigenvalue weighted by Gasteiger charge is -2.04. The molecular weight excluding hydrogens is 388 g/mol. The number of rotatable bonds is 3. The molecule has 8 heteroatoms. The van der Waals surface area contributed by atoms with Gasteiger partial charge in [-0.15, -0.1) is 0 Å². The van der Waals surface area contributed by atoms with Gasteiger partial charge in [0.05, 0.1) is 34.3 Å². The molecule has 6 heterocycles. The number of pyridine rings is 3. The monoisotopic (exact) mass is 406 g/mol. The maximum absolute atomic E-state index is 4.60. The van der Waals surface area contributed by atoms with Crippen molar-refractivity contribution in [3.63, 3.8) is 0 Å². The first kappa shape index (κ1) is 17.5. The van der Waals surface area contributed by atoms with Crippen molar-refractivity contribution in [1.82, 2.24) is 39.7 Å². The molecule has 0 amide bonds. The maximum Gasteiger partial charge on any atom is 0.147 e. The van der Waals surface area contributed by atoms with E-state index in [1.807, 2.05) is 42.2 Å². The minimum atomic E-state index is 0.828. The van der Waals surface area contributed by atoms with Crippen LogP contribution in [0.1, 0.15) is 11.3 Å². The van der Waals surface area contributed by atoms with Gasteiger partial charge >= 0.3 is 0 Å². The van der Waals surface area contributed by atoms with Gasteiger partial charge in [-0.3, -0.25) is 19.6 Å². The zero-order chi connectivity index (χ0) is 20.9. The topological polar surface area (TPSA) is 101 Å². The first-order chi connectivity index (χ1) is 15.2. The van der Waals surface area contributed by atoms with Gasteiger partial charge in [-0.05, 0) is 43.7 Å². The number of H-pyrrole nitrogens is 2. The van der Waals surface area contributed by atoms with Crippen molar-refractivity contribution < 1.29 is 0 Å². The SMILES string of the molecule is Cc1cn(-c2nccc3[nH]c(-c4n[nH]c5cnc(-c6cnccc6C)cc45)cc23)cn1. The third kappa shape index (κ3) is 2.80. The third-order valence-corrected chi connectivity index (χ3v) is 5.50. The number of aryl methyl sites for hydroxylation is 2. The molecule has 0 aromatic carbocycles. The van der Waals surface area contributed by atoms with E-state index in [1.54, 1.807) is 18.7 Å². The van der Waals surface area contributed by atoms with Crippen molar-refractivity contribution in [2.24, 2.45) is 0 Å². The predicted molar refractivity (Wildman–Crippen MR) is 119 cm³/mol. The van der Waals surface area contributed by atoms with Crippen LogP contribution in [0, 0.1) is 13.8 Å². The van der Waals surface area contributed by atoms with Crippen LogP contribution in [0.5, 0.6) is 0 Å². The molecule has 0 atom stereocenters.